The normalized spacial score (nSPS) is 28.1. The largest absolute Gasteiger partial charge is 0.409 e. The molecule has 1 aromatic carbocycles. The van der Waals surface area contributed by atoms with Gasteiger partial charge in [-0.3, -0.25) is 0 Å². The van der Waals surface area contributed by atoms with Crippen LogP contribution in [-0.4, -0.2) is 24.6 Å². The Morgan fingerprint density at radius 3 is 2.86 bits per heavy atom. The number of oxime groups is 1. The van der Waals surface area contributed by atoms with E-state index in [1.807, 2.05) is 7.05 Å². The van der Waals surface area contributed by atoms with E-state index in [4.69, 9.17) is 10.9 Å². The van der Waals surface area contributed by atoms with Gasteiger partial charge in [0.2, 0.25) is 0 Å². The number of anilines is 1. The maximum Gasteiger partial charge on any atom is 0.172 e. The van der Waals surface area contributed by atoms with Crippen LogP contribution in [0.2, 0.25) is 0 Å². The molecule has 5 heteroatoms. The number of nitrogens with zero attached hydrogens (tertiary/aromatic N) is 2. The Morgan fingerprint density at radius 2 is 2.24 bits per heavy atom. The zero-order chi connectivity index (χ0) is 15.0. The average molecular weight is 291 g/mol. The fourth-order valence-electron chi connectivity index (χ4n) is 4.15. The minimum absolute atomic E-state index is 0.0516. The molecule has 114 valence electrons. The molecule has 2 bridgehead atoms. The summed E-state index contributed by atoms with van der Waals surface area (Å²) in [4.78, 5) is 2.11. The standard InChI is InChI=1S/C16H22FN3O/c1-20(9-12-7-10-2-3-11(12)6-10)15-5-4-13(17)8-14(15)16(18)19-21/h4-5,8,10-12,21H,2-3,6-7,9H2,1H3,(H2,18,19). The molecule has 2 saturated carbocycles. The molecule has 0 aromatic heterocycles. The summed E-state index contributed by atoms with van der Waals surface area (Å²) < 4.78 is 13.4. The van der Waals surface area contributed by atoms with Gasteiger partial charge < -0.3 is 15.8 Å². The fraction of sp³-hybridized carbons (Fsp3) is 0.562. The molecule has 1 aromatic rings. The van der Waals surface area contributed by atoms with Crippen molar-refractivity contribution >= 4 is 11.5 Å². The van der Waals surface area contributed by atoms with Crippen LogP contribution in [0.25, 0.3) is 0 Å². The molecular formula is C16H22FN3O. The van der Waals surface area contributed by atoms with E-state index < -0.39 is 0 Å². The van der Waals surface area contributed by atoms with Crippen LogP contribution in [0, 0.1) is 23.6 Å². The molecule has 0 radical (unpaired) electrons. The summed E-state index contributed by atoms with van der Waals surface area (Å²) in [6.07, 6.45) is 5.40. The van der Waals surface area contributed by atoms with E-state index in [9.17, 15) is 4.39 Å². The zero-order valence-electron chi connectivity index (χ0n) is 12.3. The quantitative estimate of drug-likeness (QED) is 0.388. The van der Waals surface area contributed by atoms with Crippen LogP contribution in [0.3, 0.4) is 0 Å². The van der Waals surface area contributed by atoms with Crippen molar-refractivity contribution in [2.45, 2.75) is 25.7 Å². The Hall–Kier alpha value is -1.78. The lowest BCUT2D eigenvalue weighted by Crippen LogP contribution is -2.30. The molecule has 0 heterocycles. The van der Waals surface area contributed by atoms with Crippen LogP contribution in [0.5, 0.6) is 0 Å². The monoisotopic (exact) mass is 291 g/mol. The lowest BCUT2D eigenvalue weighted by atomic mass is 9.88. The Balaban J connectivity index is 1.79. The van der Waals surface area contributed by atoms with Gasteiger partial charge in [0, 0.05) is 24.8 Å². The molecule has 2 fully saturated rings. The molecule has 0 amide bonds. The molecule has 21 heavy (non-hydrogen) atoms. The average Bonchev–Trinajstić information content (AvgIpc) is 3.08. The molecule has 4 nitrogen and oxygen atoms in total. The first-order valence-electron chi connectivity index (χ1n) is 7.57. The van der Waals surface area contributed by atoms with Crippen molar-refractivity contribution in [3.63, 3.8) is 0 Å². The second-order valence-corrected chi connectivity index (χ2v) is 6.46. The second kappa shape index (κ2) is 5.54. The highest BCUT2D eigenvalue weighted by Gasteiger charge is 2.39. The van der Waals surface area contributed by atoms with E-state index in [1.165, 1.54) is 37.8 Å². The number of hydrogen-bond donors (Lipinski definition) is 2. The minimum atomic E-state index is -0.381. The molecule has 3 unspecified atom stereocenters. The third-order valence-corrected chi connectivity index (χ3v) is 5.15. The lowest BCUT2D eigenvalue weighted by Gasteiger charge is -2.29. The second-order valence-electron chi connectivity index (χ2n) is 6.46. The van der Waals surface area contributed by atoms with E-state index in [0.717, 1.165) is 24.1 Å². The summed E-state index contributed by atoms with van der Waals surface area (Å²) in [7, 11) is 1.99. The minimum Gasteiger partial charge on any atom is -0.409 e. The Morgan fingerprint density at radius 1 is 1.43 bits per heavy atom. The van der Waals surface area contributed by atoms with Crippen molar-refractivity contribution in [2.24, 2.45) is 28.6 Å². The molecule has 0 saturated heterocycles. The third kappa shape index (κ3) is 2.69. The van der Waals surface area contributed by atoms with Crippen molar-refractivity contribution in [1.82, 2.24) is 0 Å². The predicted octanol–water partition coefficient (Wildman–Crippen LogP) is 2.79. The van der Waals surface area contributed by atoms with E-state index in [0.29, 0.717) is 11.5 Å². The molecule has 3 atom stereocenters. The van der Waals surface area contributed by atoms with Crippen LogP contribution in [0.1, 0.15) is 31.2 Å². The van der Waals surface area contributed by atoms with Gasteiger partial charge in [-0.15, -0.1) is 0 Å². The number of amidine groups is 1. The molecule has 3 rings (SSSR count). The van der Waals surface area contributed by atoms with Gasteiger partial charge in [0.15, 0.2) is 5.84 Å². The van der Waals surface area contributed by atoms with Crippen LogP contribution in [0.15, 0.2) is 23.4 Å². The number of rotatable bonds is 4. The van der Waals surface area contributed by atoms with E-state index >= 15 is 0 Å². The fourth-order valence-corrected chi connectivity index (χ4v) is 4.15. The third-order valence-electron chi connectivity index (χ3n) is 5.15. The number of hydrogen-bond acceptors (Lipinski definition) is 3. The van der Waals surface area contributed by atoms with Crippen LogP contribution in [-0.2, 0) is 0 Å². The van der Waals surface area contributed by atoms with E-state index in [-0.39, 0.29) is 11.7 Å². The summed E-state index contributed by atoms with van der Waals surface area (Å²) in [6, 6.07) is 4.44. The van der Waals surface area contributed by atoms with Crippen molar-refractivity contribution in [1.29, 1.82) is 0 Å². The lowest BCUT2D eigenvalue weighted by molar-refractivity contribution is 0.318. The number of fused-ring (bicyclic) bond motifs is 2. The molecular weight excluding hydrogens is 269 g/mol. The molecule has 0 spiro atoms. The highest BCUT2D eigenvalue weighted by Crippen LogP contribution is 2.48. The first-order valence-corrected chi connectivity index (χ1v) is 7.57. The molecule has 2 aliphatic carbocycles. The Labute approximate surface area is 124 Å². The van der Waals surface area contributed by atoms with Gasteiger partial charge in [0.05, 0.1) is 0 Å². The summed E-state index contributed by atoms with van der Waals surface area (Å²) in [5.41, 5.74) is 6.94. The first kappa shape index (κ1) is 14.2. The first-order chi connectivity index (χ1) is 10.1. The molecule has 2 aliphatic rings. The summed E-state index contributed by atoms with van der Waals surface area (Å²) in [5, 5.41) is 11.9. The highest BCUT2D eigenvalue weighted by atomic mass is 19.1. The maximum atomic E-state index is 13.4. The highest BCUT2D eigenvalue weighted by molar-refractivity contribution is 6.02. The smallest absolute Gasteiger partial charge is 0.172 e. The summed E-state index contributed by atoms with van der Waals surface area (Å²) in [6.45, 7) is 0.943. The molecule has 3 N–H and O–H groups in total. The molecule has 0 aliphatic heterocycles. The zero-order valence-corrected chi connectivity index (χ0v) is 12.3. The van der Waals surface area contributed by atoms with Crippen LogP contribution in [0.4, 0.5) is 10.1 Å². The Bertz CT molecular complexity index is 560. The van der Waals surface area contributed by atoms with Gasteiger partial charge in [0.1, 0.15) is 5.82 Å². The van der Waals surface area contributed by atoms with Crippen molar-refractivity contribution in [3.05, 3.63) is 29.6 Å². The van der Waals surface area contributed by atoms with Gasteiger partial charge in [-0.1, -0.05) is 11.6 Å². The SMILES string of the molecule is CN(CC1CC2CCC1C2)c1ccc(F)cc1C(N)=NO. The van der Waals surface area contributed by atoms with Gasteiger partial charge in [0.25, 0.3) is 0 Å². The maximum absolute atomic E-state index is 13.4. The number of halogens is 1. The summed E-state index contributed by atoms with van der Waals surface area (Å²) in [5.74, 6) is 2.02. The number of benzene rings is 1. The summed E-state index contributed by atoms with van der Waals surface area (Å²) >= 11 is 0. The van der Waals surface area contributed by atoms with Gasteiger partial charge >= 0.3 is 0 Å². The van der Waals surface area contributed by atoms with Crippen molar-refractivity contribution in [2.75, 3.05) is 18.5 Å². The number of nitrogens with two attached hydrogens (primary N) is 1. The predicted molar refractivity (Wildman–Crippen MR) is 81.1 cm³/mol. The van der Waals surface area contributed by atoms with Crippen LogP contribution >= 0.6 is 0 Å². The van der Waals surface area contributed by atoms with Crippen molar-refractivity contribution < 1.29 is 9.60 Å². The van der Waals surface area contributed by atoms with Gasteiger partial charge in [-0.05, 0) is 55.2 Å². The topological polar surface area (TPSA) is 61.8 Å². The Kier molecular flexibility index (Phi) is 3.74. The van der Waals surface area contributed by atoms with E-state index in [1.54, 1.807) is 6.07 Å². The van der Waals surface area contributed by atoms with E-state index in [2.05, 4.69) is 10.1 Å². The van der Waals surface area contributed by atoms with Crippen molar-refractivity contribution in [3.8, 4) is 0 Å². The van der Waals surface area contributed by atoms with Gasteiger partial charge in [-0.25, -0.2) is 4.39 Å². The van der Waals surface area contributed by atoms with Crippen LogP contribution < -0.4 is 10.6 Å². The van der Waals surface area contributed by atoms with Gasteiger partial charge in [-0.2, -0.15) is 0 Å².